The number of carbonyl (C=O) groups excluding carboxylic acids is 1. The number of hydrogen-bond acceptors (Lipinski definition) is 4. The van der Waals surface area contributed by atoms with Gasteiger partial charge in [0.05, 0.1) is 17.5 Å². The zero-order chi connectivity index (χ0) is 18.0. The van der Waals surface area contributed by atoms with E-state index in [4.69, 9.17) is 4.74 Å². The second-order valence-electron chi connectivity index (χ2n) is 6.80. The molecule has 0 atom stereocenters. The molecule has 0 saturated carbocycles. The average molecular weight is 350 g/mol. The summed E-state index contributed by atoms with van der Waals surface area (Å²) in [5.41, 5.74) is 3.23. The van der Waals surface area contributed by atoms with Crippen molar-refractivity contribution in [1.82, 2.24) is 20.3 Å². The molecule has 0 bridgehead atoms. The van der Waals surface area contributed by atoms with E-state index >= 15 is 0 Å². The van der Waals surface area contributed by atoms with E-state index in [2.05, 4.69) is 51.5 Å². The van der Waals surface area contributed by atoms with Gasteiger partial charge in [0.1, 0.15) is 5.82 Å². The lowest BCUT2D eigenvalue weighted by molar-refractivity contribution is -0.130. The van der Waals surface area contributed by atoms with Crippen LogP contribution in [0.15, 0.2) is 42.6 Å². The van der Waals surface area contributed by atoms with E-state index in [-0.39, 0.29) is 5.91 Å². The maximum absolute atomic E-state index is 13.2. The number of nitrogens with zero attached hydrogens (tertiary/aromatic N) is 2. The molecule has 4 rings (SSSR count). The molecule has 1 amide bonds. The van der Waals surface area contributed by atoms with Crippen LogP contribution < -0.4 is 5.32 Å². The second kappa shape index (κ2) is 6.88. The highest BCUT2D eigenvalue weighted by molar-refractivity contribution is 5.88. The van der Waals surface area contributed by atoms with Crippen molar-refractivity contribution < 1.29 is 9.53 Å². The smallest absolute Gasteiger partial charge is 0.231 e. The van der Waals surface area contributed by atoms with Gasteiger partial charge in [-0.15, -0.1) is 0 Å². The molecule has 0 unspecified atom stereocenters. The largest absolute Gasteiger partial charge is 0.381 e. The fraction of sp³-hybridized carbons (Fsp3) is 0.350. The number of imidazole rings is 1. The van der Waals surface area contributed by atoms with Crippen molar-refractivity contribution in [2.24, 2.45) is 0 Å². The zero-order valence-corrected chi connectivity index (χ0v) is 14.8. The minimum absolute atomic E-state index is 0.0260. The highest BCUT2D eigenvalue weighted by Gasteiger charge is 2.41. The predicted octanol–water partition coefficient (Wildman–Crippen LogP) is 2.63. The van der Waals surface area contributed by atoms with Crippen LogP contribution >= 0.6 is 0 Å². The molecule has 3 aromatic rings. The SMILES string of the molecule is Cc1ccc(C2(C(=O)NCc3nc4ncccc4[nH]3)CCOCC2)cc1. The summed E-state index contributed by atoms with van der Waals surface area (Å²) in [6.07, 6.45) is 3.08. The fourth-order valence-corrected chi connectivity index (χ4v) is 3.55. The van der Waals surface area contributed by atoms with E-state index in [1.165, 1.54) is 5.56 Å². The molecule has 1 saturated heterocycles. The summed E-state index contributed by atoms with van der Waals surface area (Å²) < 4.78 is 5.52. The first-order chi connectivity index (χ1) is 12.7. The molecule has 134 valence electrons. The molecule has 0 spiro atoms. The lowest BCUT2D eigenvalue weighted by atomic mass is 9.73. The van der Waals surface area contributed by atoms with Crippen molar-refractivity contribution in [3.05, 3.63) is 59.5 Å². The van der Waals surface area contributed by atoms with Gasteiger partial charge in [0.2, 0.25) is 5.91 Å². The molecule has 1 aromatic carbocycles. The monoisotopic (exact) mass is 350 g/mol. The Labute approximate surface area is 152 Å². The summed E-state index contributed by atoms with van der Waals surface area (Å²) in [5.74, 6) is 0.733. The van der Waals surface area contributed by atoms with Crippen LogP contribution in [0.2, 0.25) is 0 Å². The third-order valence-corrected chi connectivity index (χ3v) is 5.11. The van der Waals surface area contributed by atoms with Crippen molar-refractivity contribution >= 4 is 17.1 Å². The van der Waals surface area contributed by atoms with E-state index in [0.29, 0.717) is 44.1 Å². The predicted molar refractivity (Wildman–Crippen MR) is 98.6 cm³/mol. The van der Waals surface area contributed by atoms with Gasteiger partial charge in [0, 0.05) is 19.4 Å². The average Bonchev–Trinajstić information content (AvgIpc) is 3.10. The minimum atomic E-state index is -0.545. The van der Waals surface area contributed by atoms with Gasteiger partial charge in [0.25, 0.3) is 0 Å². The summed E-state index contributed by atoms with van der Waals surface area (Å²) >= 11 is 0. The number of fused-ring (bicyclic) bond motifs is 1. The molecule has 2 aromatic heterocycles. The third kappa shape index (κ3) is 3.08. The highest BCUT2D eigenvalue weighted by Crippen LogP contribution is 2.35. The number of rotatable bonds is 4. The lowest BCUT2D eigenvalue weighted by Gasteiger charge is -2.36. The number of pyridine rings is 1. The minimum Gasteiger partial charge on any atom is -0.381 e. The number of nitrogens with one attached hydrogen (secondary N) is 2. The van der Waals surface area contributed by atoms with Gasteiger partial charge in [0.15, 0.2) is 5.65 Å². The Balaban J connectivity index is 1.55. The van der Waals surface area contributed by atoms with E-state index in [1.54, 1.807) is 6.20 Å². The quantitative estimate of drug-likeness (QED) is 0.758. The Morgan fingerprint density at radius 2 is 2.00 bits per heavy atom. The normalized spacial score (nSPS) is 16.5. The van der Waals surface area contributed by atoms with Gasteiger partial charge in [-0.25, -0.2) is 9.97 Å². The van der Waals surface area contributed by atoms with Crippen LogP contribution in [0.1, 0.15) is 29.8 Å². The molecule has 0 aliphatic carbocycles. The maximum atomic E-state index is 13.2. The maximum Gasteiger partial charge on any atom is 0.231 e. The first-order valence-electron chi connectivity index (χ1n) is 8.90. The summed E-state index contributed by atoms with van der Waals surface area (Å²) in [6, 6.07) is 12.0. The van der Waals surface area contributed by atoms with Gasteiger partial charge >= 0.3 is 0 Å². The van der Waals surface area contributed by atoms with E-state index < -0.39 is 5.41 Å². The molecule has 0 radical (unpaired) electrons. The Bertz CT molecular complexity index is 878. The Hall–Kier alpha value is -2.73. The molecule has 1 aliphatic heterocycles. The van der Waals surface area contributed by atoms with Gasteiger partial charge in [-0.1, -0.05) is 29.8 Å². The molecular formula is C20H22N4O2. The van der Waals surface area contributed by atoms with Crippen LogP contribution in [-0.4, -0.2) is 34.1 Å². The van der Waals surface area contributed by atoms with Crippen LogP contribution in [0.25, 0.3) is 11.2 Å². The molecule has 2 N–H and O–H groups in total. The Morgan fingerprint density at radius 3 is 2.73 bits per heavy atom. The molecule has 6 heteroatoms. The van der Waals surface area contributed by atoms with Crippen molar-refractivity contribution in [2.45, 2.75) is 31.7 Å². The highest BCUT2D eigenvalue weighted by atomic mass is 16.5. The van der Waals surface area contributed by atoms with Gasteiger partial charge in [-0.3, -0.25) is 4.79 Å². The van der Waals surface area contributed by atoms with Crippen LogP contribution in [0.4, 0.5) is 0 Å². The number of carbonyl (C=O) groups is 1. The van der Waals surface area contributed by atoms with Crippen LogP contribution in [0, 0.1) is 6.92 Å². The van der Waals surface area contributed by atoms with Gasteiger partial charge in [-0.05, 0) is 37.5 Å². The number of H-pyrrole nitrogens is 1. The van der Waals surface area contributed by atoms with Gasteiger partial charge in [-0.2, -0.15) is 0 Å². The summed E-state index contributed by atoms with van der Waals surface area (Å²) in [7, 11) is 0. The number of ether oxygens (including phenoxy) is 1. The number of benzene rings is 1. The summed E-state index contributed by atoms with van der Waals surface area (Å²) in [4.78, 5) is 25.0. The molecule has 3 heterocycles. The number of amides is 1. The number of aromatic nitrogens is 3. The second-order valence-corrected chi connectivity index (χ2v) is 6.80. The Morgan fingerprint density at radius 1 is 1.23 bits per heavy atom. The van der Waals surface area contributed by atoms with Crippen molar-refractivity contribution in [3.8, 4) is 0 Å². The number of aryl methyl sites for hydroxylation is 1. The topological polar surface area (TPSA) is 79.9 Å². The van der Waals surface area contributed by atoms with E-state index in [0.717, 1.165) is 11.1 Å². The number of aromatic amines is 1. The van der Waals surface area contributed by atoms with Crippen molar-refractivity contribution in [3.63, 3.8) is 0 Å². The lowest BCUT2D eigenvalue weighted by Crippen LogP contribution is -2.47. The molecule has 6 nitrogen and oxygen atoms in total. The van der Waals surface area contributed by atoms with E-state index in [1.807, 2.05) is 12.1 Å². The molecular weight excluding hydrogens is 328 g/mol. The third-order valence-electron chi connectivity index (χ3n) is 5.11. The standard InChI is InChI=1S/C20H22N4O2/c1-14-4-6-15(7-5-14)20(8-11-26-12-9-20)19(25)22-13-17-23-16-3-2-10-21-18(16)24-17/h2-7,10H,8-9,11-13H2,1H3,(H,22,25)(H,21,23,24). The molecule has 1 fully saturated rings. The summed E-state index contributed by atoms with van der Waals surface area (Å²) in [6.45, 7) is 3.59. The number of hydrogen-bond donors (Lipinski definition) is 2. The van der Waals surface area contributed by atoms with Crippen LogP contribution in [0.5, 0.6) is 0 Å². The molecule has 1 aliphatic rings. The van der Waals surface area contributed by atoms with Crippen LogP contribution in [-0.2, 0) is 21.5 Å². The fourth-order valence-electron chi connectivity index (χ4n) is 3.55. The molecule has 26 heavy (non-hydrogen) atoms. The van der Waals surface area contributed by atoms with Gasteiger partial charge < -0.3 is 15.0 Å². The van der Waals surface area contributed by atoms with Crippen LogP contribution in [0.3, 0.4) is 0 Å². The Kier molecular flexibility index (Phi) is 4.42. The van der Waals surface area contributed by atoms with E-state index in [9.17, 15) is 4.79 Å². The first-order valence-corrected chi connectivity index (χ1v) is 8.90. The van der Waals surface area contributed by atoms with Crippen molar-refractivity contribution in [2.75, 3.05) is 13.2 Å². The zero-order valence-electron chi connectivity index (χ0n) is 14.8. The van der Waals surface area contributed by atoms with Crippen molar-refractivity contribution in [1.29, 1.82) is 0 Å². The first kappa shape index (κ1) is 16.7. The summed E-state index contributed by atoms with van der Waals surface area (Å²) in [5, 5.41) is 3.07.